The molecule has 8 nitrogen and oxygen atoms in total. The second-order valence-corrected chi connectivity index (χ2v) is 12.8. The van der Waals surface area contributed by atoms with Gasteiger partial charge in [-0.05, 0) is 0 Å². The van der Waals surface area contributed by atoms with Crippen molar-refractivity contribution < 1.29 is 32.2 Å². The normalized spacial score (nSPS) is 25.0. The van der Waals surface area contributed by atoms with Crippen LogP contribution in [-0.4, -0.2) is 62.6 Å². The van der Waals surface area contributed by atoms with E-state index in [1.54, 1.807) is 0 Å². The van der Waals surface area contributed by atoms with Gasteiger partial charge in [0.15, 0.2) is 0 Å². The van der Waals surface area contributed by atoms with Gasteiger partial charge in [-0.1, -0.05) is 6.92 Å². The van der Waals surface area contributed by atoms with Crippen LogP contribution in [0, 0.1) is 17.3 Å². The molecule has 0 heterocycles. The van der Waals surface area contributed by atoms with Crippen LogP contribution in [0.15, 0.2) is 0 Å². The Kier molecular flexibility index (Phi) is 11.6. The minimum absolute atomic E-state index is 0.0216. The number of hydrogen-bond donors (Lipinski definition) is 0. The van der Waals surface area contributed by atoms with Crippen molar-refractivity contribution in [3.63, 3.8) is 0 Å². The fraction of sp³-hybridized carbons (Fsp3) is 0.875. The number of imide groups is 1. The van der Waals surface area contributed by atoms with Gasteiger partial charge in [-0.25, -0.2) is 0 Å². The maximum absolute atomic E-state index is 13.8. The summed E-state index contributed by atoms with van der Waals surface area (Å²) in [6, 6.07) is -0.687. The van der Waals surface area contributed by atoms with E-state index in [9.17, 15) is 32.2 Å². The van der Waals surface area contributed by atoms with E-state index < -0.39 is 38.2 Å². The zero-order valence-corrected chi connectivity index (χ0v) is 22.0. The van der Waals surface area contributed by atoms with Gasteiger partial charge in [-0.2, -0.15) is 0 Å². The molecule has 0 aromatic carbocycles. The number of sulfone groups is 1. The fourth-order valence-corrected chi connectivity index (χ4v) is 8.90. The first-order valence-electron chi connectivity index (χ1n) is 13.1. The average molecular weight is 507 g/mol. The number of rotatable bonds is 13. The first-order chi connectivity index (χ1) is 16.7. The monoisotopic (exact) mass is 507 g/mol. The van der Waals surface area contributed by atoms with Crippen molar-refractivity contribution in [3.05, 3.63) is 0 Å². The van der Waals surface area contributed by atoms with Gasteiger partial charge in [-0.15, -0.1) is 0 Å². The van der Waals surface area contributed by atoms with Crippen LogP contribution in [0.2, 0.25) is 0 Å². The van der Waals surface area contributed by atoms with Gasteiger partial charge in [-0.3, -0.25) is 0 Å². The molecule has 2 fully saturated rings. The summed E-state index contributed by atoms with van der Waals surface area (Å²) in [5, 5.41) is -0.673. The molecule has 0 spiro atoms. The quantitative estimate of drug-likeness (QED) is 0.269. The Morgan fingerprint density at radius 2 is 1.63 bits per heavy atom. The third-order valence-corrected chi connectivity index (χ3v) is 10.7. The molecule has 2 aliphatic carbocycles. The Bertz CT molecular complexity index is 855. The van der Waals surface area contributed by atoms with E-state index in [-0.39, 0.29) is 45.2 Å². The summed E-state index contributed by atoms with van der Waals surface area (Å²) in [5.41, 5.74) is -0.909. The molecule has 35 heavy (non-hydrogen) atoms. The van der Waals surface area contributed by atoms with Crippen LogP contribution >= 0.6 is 0 Å². The van der Waals surface area contributed by atoms with Crippen molar-refractivity contribution in [2.45, 2.75) is 109 Å². The molecule has 0 aromatic rings. The first kappa shape index (κ1) is 29.7. The molecule has 2 rings (SSSR count). The molecule has 4 atom stereocenters. The van der Waals surface area contributed by atoms with Crippen molar-refractivity contribution in [2.24, 2.45) is 17.3 Å². The SMILES string of the molecule is CCCCC(C=O)(CC)CS(=O)(=O)C1CCC(N(C(=O)B=O)C(=O)B=O)CC1CC1CCCCC1. The number of unbranched alkanes of at least 4 members (excludes halogenated alkanes) is 1. The Balaban J connectivity index is 2.35. The molecule has 0 radical (unpaired) electrons. The molecule has 2 amide bonds. The number of hydrogen-bond acceptors (Lipinski definition) is 7. The summed E-state index contributed by atoms with van der Waals surface area (Å²) in [7, 11) is -3.61. The third kappa shape index (κ3) is 7.73. The molecular weight excluding hydrogens is 468 g/mol. The van der Waals surface area contributed by atoms with Gasteiger partial charge in [0.1, 0.15) is 0 Å². The van der Waals surface area contributed by atoms with Crippen LogP contribution in [0.25, 0.3) is 0 Å². The van der Waals surface area contributed by atoms with Gasteiger partial charge >= 0.3 is 204 Å². The summed E-state index contributed by atoms with van der Waals surface area (Å²) < 4.78 is 49.8. The van der Waals surface area contributed by atoms with E-state index in [0.717, 1.165) is 51.2 Å². The zero-order valence-electron chi connectivity index (χ0n) is 21.2. The molecule has 0 bridgehead atoms. The zero-order chi connectivity index (χ0) is 26.1. The molecule has 0 N–H and O–H groups in total. The van der Waals surface area contributed by atoms with Crippen LogP contribution in [0.4, 0.5) is 9.59 Å². The fourth-order valence-electron chi connectivity index (χ4n) is 6.16. The number of carbonyl (C=O) groups is 3. The van der Waals surface area contributed by atoms with Crippen LogP contribution in [-0.2, 0) is 24.0 Å². The standard InChI is InChI=1S/C24H39B2NO7S/c1-3-5-13-24(4-2,16-28)17-35(33,34)21-12-11-20(27(22(29)25-31)23(30)26-32)15-19(21)14-18-9-7-6-8-10-18/h16,18-21H,3-15,17H2,1-2H3. The Morgan fingerprint density at radius 1 is 1.00 bits per heavy atom. The summed E-state index contributed by atoms with van der Waals surface area (Å²) in [4.78, 5) is 37.1. The van der Waals surface area contributed by atoms with Gasteiger partial charge < -0.3 is 0 Å². The molecule has 0 aliphatic heterocycles. The van der Waals surface area contributed by atoms with Crippen molar-refractivity contribution in [2.75, 3.05) is 5.75 Å². The van der Waals surface area contributed by atoms with Gasteiger partial charge in [0.25, 0.3) is 0 Å². The van der Waals surface area contributed by atoms with Crippen LogP contribution in [0.1, 0.15) is 97.3 Å². The number of nitrogens with zero attached hydrogens (tertiary/aromatic N) is 1. The Hall–Kier alpha value is -1.51. The van der Waals surface area contributed by atoms with E-state index >= 15 is 0 Å². The van der Waals surface area contributed by atoms with E-state index in [4.69, 9.17) is 0 Å². The third-order valence-electron chi connectivity index (χ3n) is 8.22. The molecule has 11 heteroatoms. The topological polar surface area (TPSA) is 123 Å². The molecular formula is C24H39B2NO7S. The predicted molar refractivity (Wildman–Crippen MR) is 134 cm³/mol. The molecule has 2 saturated carbocycles. The summed E-state index contributed by atoms with van der Waals surface area (Å²) >= 11 is 0. The van der Waals surface area contributed by atoms with Crippen molar-refractivity contribution in [1.82, 2.24) is 4.90 Å². The maximum atomic E-state index is 13.8. The second-order valence-electron chi connectivity index (χ2n) is 10.5. The average Bonchev–Trinajstić information content (AvgIpc) is 2.87. The molecule has 0 aromatic heterocycles. The van der Waals surface area contributed by atoms with E-state index in [1.807, 2.05) is 13.8 Å². The van der Waals surface area contributed by atoms with Crippen molar-refractivity contribution >= 4 is 42.0 Å². The van der Waals surface area contributed by atoms with Crippen LogP contribution < -0.4 is 0 Å². The first-order valence-corrected chi connectivity index (χ1v) is 14.8. The molecule has 194 valence electrons. The summed E-state index contributed by atoms with van der Waals surface area (Å²) in [6.07, 6.45) is 10.2. The van der Waals surface area contributed by atoms with Crippen LogP contribution in [0.3, 0.4) is 0 Å². The van der Waals surface area contributed by atoms with Gasteiger partial charge in [0, 0.05) is 0 Å². The van der Waals surface area contributed by atoms with Crippen LogP contribution in [0.5, 0.6) is 0 Å². The van der Waals surface area contributed by atoms with Crippen molar-refractivity contribution in [3.8, 4) is 0 Å². The molecule has 0 saturated heterocycles. The summed E-state index contributed by atoms with van der Waals surface area (Å²) in [6.45, 7) is 3.86. The number of carbonyl (C=O) groups excluding carboxylic acids is 3. The number of aldehydes is 1. The predicted octanol–water partition coefficient (Wildman–Crippen LogP) is 4.34. The molecule has 4 unspecified atom stereocenters. The summed E-state index contributed by atoms with van der Waals surface area (Å²) in [5.74, 6) is -2.29. The Morgan fingerprint density at radius 3 is 2.14 bits per heavy atom. The van der Waals surface area contributed by atoms with E-state index in [1.165, 1.54) is 0 Å². The van der Waals surface area contributed by atoms with Crippen molar-refractivity contribution in [1.29, 1.82) is 0 Å². The van der Waals surface area contributed by atoms with Gasteiger partial charge in [0.2, 0.25) is 0 Å². The Labute approximate surface area is 210 Å². The number of amides is 2. The molecule has 2 aliphatic rings. The minimum atomic E-state index is -3.65. The second kappa shape index (κ2) is 13.7. The van der Waals surface area contributed by atoms with E-state index in [2.05, 4.69) is 0 Å². The van der Waals surface area contributed by atoms with E-state index in [0.29, 0.717) is 30.1 Å². The van der Waals surface area contributed by atoms with Gasteiger partial charge in [0.05, 0.1) is 0 Å².